The van der Waals surface area contributed by atoms with Crippen LogP contribution in [0.15, 0.2) is 6.20 Å². The highest BCUT2D eigenvalue weighted by Crippen LogP contribution is 2.40. The van der Waals surface area contributed by atoms with E-state index in [0.717, 1.165) is 25.7 Å². The van der Waals surface area contributed by atoms with E-state index < -0.39 is 11.6 Å². The van der Waals surface area contributed by atoms with Gasteiger partial charge in [-0.3, -0.25) is 0 Å². The summed E-state index contributed by atoms with van der Waals surface area (Å²) >= 11 is 0. The first-order chi connectivity index (χ1) is 9.50. The van der Waals surface area contributed by atoms with Gasteiger partial charge in [-0.2, -0.15) is 0 Å². The van der Waals surface area contributed by atoms with Crippen molar-refractivity contribution >= 4 is 5.97 Å². The first-order valence-electron chi connectivity index (χ1n) is 7.25. The molecule has 1 N–H and O–H groups in total. The molecule has 0 unspecified atom stereocenters. The summed E-state index contributed by atoms with van der Waals surface area (Å²) in [5.41, 5.74) is 0.358. The minimum atomic E-state index is -0.975. The summed E-state index contributed by atoms with van der Waals surface area (Å²) in [6.45, 7) is 6.47. The second kappa shape index (κ2) is 5.87. The smallest absolute Gasteiger partial charge is 0.339 e. The van der Waals surface area contributed by atoms with E-state index >= 15 is 0 Å². The van der Waals surface area contributed by atoms with E-state index in [2.05, 4.69) is 9.97 Å². The van der Waals surface area contributed by atoms with Crippen LogP contribution in [0.3, 0.4) is 0 Å². The van der Waals surface area contributed by atoms with Gasteiger partial charge in [0.2, 0.25) is 0 Å². The lowest BCUT2D eigenvalue weighted by molar-refractivity contribution is -0.0459. The second-order valence-electron chi connectivity index (χ2n) is 5.59. The Balaban J connectivity index is 2.46. The third-order valence-corrected chi connectivity index (χ3v) is 3.83. The molecule has 2 rings (SSSR count). The Kier molecular flexibility index (Phi) is 4.38. The molecule has 110 valence electrons. The zero-order chi connectivity index (χ0) is 14.8. The monoisotopic (exact) mass is 278 g/mol. The molecule has 0 radical (unpaired) electrons. The quantitative estimate of drug-likeness (QED) is 0.896. The number of aromatic carboxylic acids is 1. The predicted molar refractivity (Wildman–Crippen MR) is 74.9 cm³/mol. The van der Waals surface area contributed by atoms with Crippen LogP contribution in [0.25, 0.3) is 0 Å². The Morgan fingerprint density at radius 2 is 2.10 bits per heavy atom. The topological polar surface area (TPSA) is 72.3 Å². The highest BCUT2D eigenvalue weighted by atomic mass is 16.5. The molecule has 1 aromatic heterocycles. The fourth-order valence-corrected chi connectivity index (χ4v) is 2.87. The van der Waals surface area contributed by atoms with Gasteiger partial charge in [0.25, 0.3) is 0 Å². The van der Waals surface area contributed by atoms with Gasteiger partial charge in [0.15, 0.2) is 5.82 Å². The summed E-state index contributed by atoms with van der Waals surface area (Å²) in [7, 11) is 0. The minimum absolute atomic E-state index is 0.0444. The molecular weight excluding hydrogens is 256 g/mol. The summed E-state index contributed by atoms with van der Waals surface area (Å²) in [6.07, 6.45) is 5.44. The number of aromatic nitrogens is 2. The molecule has 1 fully saturated rings. The Morgan fingerprint density at radius 1 is 1.45 bits per heavy atom. The number of carboxylic acids is 1. The number of hydrogen-bond acceptors (Lipinski definition) is 4. The second-order valence-corrected chi connectivity index (χ2v) is 5.59. The van der Waals surface area contributed by atoms with Crippen molar-refractivity contribution in [2.45, 2.75) is 58.0 Å². The van der Waals surface area contributed by atoms with Crippen molar-refractivity contribution in [1.82, 2.24) is 9.97 Å². The van der Waals surface area contributed by atoms with Gasteiger partial charge < -0.3 is 9.84 Å². The van der Waals surface area contributed by atoms with Crippen LogP contribution in [-0.2, 0) is 10.3 Å². The van der Waals surface area contributed by atoms with Crippen molar-refractivity contribution in [2.75, 3.05) is 6.61 Å². The van der Waals surface area contributed by atoms with E-state index in [1.165, 1.54) is 6.20 Å². The molecule has 20 heavy (non-hydrogen) atoms. The standard InChI is InChI=1S/C15H22N2O3/c1-4-20-15(7-5-6-8-15)14-16-9-11(13(18)19)12(17-14)10(2)3/h9-10H,4-8H2,1-3H3,(H,18,19). The lowest BCUT2D eigenvalue weighted by Crippen LogP contribution is -2.30. The van der Waals surface area contributed by atoms with E-state index in [9.17, 15) is 9.90 Å². The van der Waals surface area contributed by atoms with Crippen molar-refractivity contribution in [3.05, 3.63) is 23.3 Å². The highest BCUT2D eigenvalue weighted by molar-refractivity contribution is 5.88. The van der Waals surface area contributed by atoms with Crippen molar-refractivity contribution < 1.29 is 14.6 Å². The molecule has 0 atom stereocenters. The summed E-state index contributed by atoms with van der Waals surface area (Å²) in [6, 6.07) is 0. The zero-order valence-corrected chi connectivity index (χ0v) is 12.3. The van der Waals surface area contributed by atoms with Gasteiger partial charge in [-0.25, -0.2) is 14.8 Å². The summed E-state index contributed by atoms with van der Waals surface area (Å²) in [4.78, 5) is 20.1. The van der Waals surface area contributed by atoms with Crippen molar-refractivity contribution in [1.29, 1.82) is 0 Å². The first-order valence-corrected chi connectivity index (χ1v) is 7.25. The Hall–Kier alpha value is -1.49. The predicted octanol–water partition coefficient (Wildman–Crippen LogP) is 3.10. The number of carboxylic acid groups (broad SMARTS) is 1. The Bertz CT molecular complexity index is 494. The van der Waals surface area contributed by atoms with Gasteiger partial charge in [0.05, 0.1) is 11.3 Å². The van der Waals surface area contributed by atoms with Crippen LogP contribution in [0.2, 0.25) is 0 Å². The van der Waals surface area contributed by atoms with E-state index in [4.69, 9.17) is 4.74 Å². The maximum absolute atomic E-state index is 11.3. The van der Waals surface area contributed by atoms with E-state index in [1.54, 1.807) is 0 Å². The van der Waals surface area contributed by atoms with E-state index in [0.29, 0.717) is 18.1 Å². The zero-order valence-electron chi connectivity index (χ0n) is 12.3. The fourth-order valence-electron chi connectivity index (χ4n) is 2.87. The number of ether oxygens (including phenoxy) is 1. The molecule has 5 heteroatoms. The molecular formula is C15H22N2O3. The van der Waals surface area contributed by atoms with Gasteiger partial charge in [-0.15, -0.1) is 0 Å². The lowest BCUT2D eigenvalue weighted by Gasteiger charge is -2.28. The lowest BCUT2D eigenvalue weighted by atomic mass is 9.99. The van der Waals surface area contributed by atoms with E-state index in [1.807, 2.05) is 20.8 Å². The molecule has 0 aliphatic heterocycles. The normalized spacial score (nSPS) is 17.6. The Morgan fingerprint density at radius 3 is 2.60 bits per heavy atom. The molecule has 1 aromatic rings. The number of carbonyl (C=O) groups is 1. The minimum Gasteiger partial charge on any atom is -0.478 e. The molecule has 1 aliphatic rings. The van der Waals surface area contributed by atoms with Crippen LogP contribution >= 0.6 is 0 Å². The largest absolute Gasteiger partial charge is 0.478 e. The van der Waals surface area contributed by atoms with Gasteiger partial charge in [-0.1, -0.05) is 13.8 Å². The van der Waals surface area contributed by atoms with Crippen molar-refractivity contribution in [2.24, 2.45) is 0 Å². The van der Waals surface area contributed by atoms with Crippen LogP contribution in [0, 0.1) is 0 Å². The van der Waals surface area contributed by atoms with Crippen LogP contribution in [-0.4, -0.2) is 27.7 Å². The van der Waals surface area contributed by atoms with Gasteiger partial charge in [-0.05, 0) is 38.5 Å². The molecule has 1 heterocycles. The highest BCUT2D eigenvalue weighted by Gasteiger charge is 2.39. The molecule has 0 aromatic carbocycles. The molecule has 0 saturated heterocycles. The van der Waals surface area contributed by atoms with E-state index in [-0.39, 0.29) is 11.5 Å². The molecule has 0 amide bonds. The van der Waals surface area contributed by atoms with Crippen LogP contribution in [0.4, 0.5) is 0 Å². The summed E-state index contributed by atoms with van der Waals surface area (Å²) in [5, 5.41) is 9.23. The molecule has 1 saturated carbocycles. The SMILES string of the molecule is CCOC1(c2ncc(C(=O)O)c(C(C)C)n2)CCCC1. The van der Waals surface area contributed by atoms with Gasteiger partial charge in [0, 0.05) is 12.8 Å². The Labute approximate surface area is 119 Å². The maximum atomic E-state index is 11.3. The average Bonchev–Trinajstić information content (AvgIpc) is 2.88. The van der Waals surface area contributed by atoms with Crippen molar-refractivity contribution in [3.8, 4) is 0 Å². The third kappa shape index (κ3) is 2.68. The average molecular weight is 278 g/mol. The summed E-state index contributed by atoms with van der Waals surface area (Å²) in [5.74, 6) is -0.286. The van der Waals surface area contributed by atoms with Crippen molar-refractivity contribution in [3.63, 3.8) is 0 Å². The first kappa shape index (κ1) is 14.9. The number of rotatable bonds is 5. The number of nitrogens with zero attached hydrogens (tertiary/aromatic N) is 2. The van der Waals surface area contributed by atoms with Crippen LogP contribution in [0.5, 0.6) is 0 Å². The van der Waals surface area contributed by atoms with Gasteiger partial charge in [0.1, 0.15) is 5.60 Å². The molecule has 5 nitrogen and oxygen atoms in total. The molecule has 0 bridgehead atoms. The van der Waals surface area contributed by atoms with Gasteiger partial charge >= 0.3 is 5.97 Å². The van der Waals surface area contributed by atoms with Crippen LogP contribution in [0.1, 0.15) is 74.2 Å². The number of hydrogen-bond donors (Lipinski definition) is 1. The van der Waals surface area contributed by atoms with Crippen LogP contribution < -0.4 is 0 Å². The third-order valence-electron chi connectivity index (χ3n) is 3.83. The maximum Gasteiger partial charge on any atom is 0.339 e. The summed E-state index contributed by atoms with van der Waals surface area (Å²) < 4.78 is 5.94. The molecule has 1 aliphatic carbocycles. The fraction of sp³-hybridized carbons (Fsp3) is 0.667. The molecule has 0 spiro atoms.